The van der Waals surface area contributed by atoms with E-state index in [2.05, 4.69) is 60.5 Å². The Balaban J connectivity index is 1.32. The molecule has 1 aliphatic rings. The number of methoxy groups -OCH3 is 1. The van der Waals surface area contributed by atoms with E-state index in [1.54, 1.807) is 17.8 Å². The Morgan fingerprint density at radius 1 is 1.03 bits per heavy atom. The SMILES string of the molecule is COCc1nc2nnc(-c3ccnc(N4CCC(Cc5ccccc5)CC4)n3)c(C)n2n1. The number of benzene rings is 1. The number of rotatable bonds is 6. The zero-order chi connectivity index (χ0) is 21.9. The molecule has 1 aromatic carbocycles. The highest BCUT2D eigenvalue weighted by Gasteiger charge is 2.22. The van der Waals surface area contributed by atoms with Gasteiger partial charge in [-0.15, -0.1) is 15.3 Å². The van der Waals surface area contributed by atoms with Crippen molar-refractivity contribution in [3.63, 3.8) is 0 Å². The summed E-state index contributed by atoms with van der Waals surface area (Å²) in [5.74, 6) is 2.46. The van der Waals surface area contributed by atoms with Crippen molar-refractivity contribution in [1.29, 1.82) is 0 Å². The van der Waals surface area contributed by atoms with Gasteiger partial charge in [-0.05, 0) is 43.7 Å². The summed E-state index contributed by atoms with van der Waals surface area (Å²) < 4.78 is 6.81. The summed E-state index contributed by atoms with van der Waals surface area (Å²) in [6.07, 6.45) is 5.19. The van der Waals surface area contributed by atoms with E-state index in [1.807, 2.05) is 13.0 Å². The molecule has 0 unspecified atom stereocenters. The van der Waals surface area contributed by atoms with Gasteiger partial charge < -0.3 is 9.64 Å². The molecule has 1 aliphatic heterocycles. The maximum atomic E-state index is 5.12. The van der Waals surface area contributed by atoms with Crippen molar-refractivity contribution < 1.29 is 4.74 Å². The van der Waals surface area contributed by atoms with Gasteiger partial charge in [-0.2, -0.15) is 9.50 Å². The molecule has 9 heteroatoms. The molecular formula is C23H26N8O. The molecular weight excluding hydrogens is 404 g/mol. The van der Waals surface area contributed by atoms with Gasteiger partial charge in [0.15, 0.2) is 5.82 Å². The van der Waals surface area contributed by atoms with Crippen LogP contribution in [0.4, 0.5) is 5.95 Å². The summed E-state index contributed by atoms with van der Waals surface area (Å²) in [7, 11) is 1.61. The maximum Gasteiger partial charge on any atom is 0.272 e. The van der Waals surface area contributed by atoms with Gasteiger partial charge in [0.1, 0.15) is 12.3 Å². The van der Waals surface area contributed by atoms with Gasteiger partial charge in [0.25, 0.3) is 5.78 Å². The largest absolute Gasteiger partial charge is 0.377 e. The Labute approximate surface area is 186 Å². The third-order valence-electron chi connectivity index (χ3n) is 5.96. The quantitative estimate of drug-likeness (QED) is 0.461. The first kappa shape index (κ1) is 20.4. The number of aryl methyl sites for hydroxylation is 1. The Bertz CT molecular complexity index is 1200. The number of fused-ring (bicyclic) bond motifs is 1. The molecule has 0 atom stereocenters. The van der Waals surface area contributed by atoms with Crippen LogP contribution in [0.2, 0.25) is 0 Å². The Hall–Kier alpha value is -3.46. The molecule has 0 aliphatic carbocycles. The highest BCUT2D eigenvalue weighted by atomic mass is 16.5. The lowest BCUT2D eigenvalue weighted by molar-refractivity contribution is 0.178. The van der Waals surface area contributed by atoms with E-state index in [0.717, 1.165) is 49.7 Å². The van der Waals surface area contributed by atoms with Crippen molar-refractivity contribution in [2.75, 3.05) is 25.1 Å². The third-order valence-corrected chi connectivity index (χ3v) is 5.96. The summed E-state index contributed by atoms with van der Waals surface area (Å²) in [5.41, 5.74) is 3.65. The van der Waals surface area contributed by atoms with Gasteiger partial charge in [-0.25, -0.2) is 9.97 Å². The van der Waals surface area contributed by atoms with Gasteiger partial charge in [0, 0.05) is 26.4 Å². The molecule has 3 aromatic heterocycles. The van der Waals surface area contributed by atoms with Crippen LogP contribution in [0, 0.1) is 12.8 Å². The van der Waals surface area contributed by atoms with E-state index < -0.39 is 0 Å². The highest BCUT2D eigenvalue weighted by molar-refractivity contribution is 5.58. The highest BCUT2D eigenvalue weighted by Crippen LogP contribution is 2.26. The molecule has 0 radical (unpaired) electrons. The van der Waals surface area contributed by atoms with Crippen LogP contribution in [-0.2, 0) is 17.8 Å². The van der Waals surface area contributed by atoms with Gasteiger partial charge in [0.2, 0.25) is 5.95 Å². The molecule has 0 bridgehead atoms. The molecule has 0 amide bonds. The molecule has 1 saturated heterocycles. The molecule has 1 fully saturated rings. The predicted molar refractivity (Wildman–Crippen MR) is 120 cm³/mol. The Kier molecular flexibility index (Phi) is 5.72. The number of piperidine rings is 1. The van der Waals surface area contributed by atoms with Crippen molar-refractivity contribution in [1.82, 2.24) is 34.8 Å². The standard InChI is InChI=1S/C23H26N8O/c1-16-21(27-28-23-26-20(15-32-2)29-31(16)23)19-8-11-24-22(25-19)30-12-9-18(10-13-30)14-17-6-4-3-5-7-17/h3-8,11,18H,9-10,12-15H2,1-2H3. The second-order valence-corrected chi connectivity index (χ2v) is 8.17. The van der Waals surface area contributed by atoms with Gasteiger partial charge in [-0.3, -0.25) is 0 Å². The average Bonchev–Trinajstić information content (AvgIpc) is 3.25. The number of ether oxygens (including phenoxy) is 1. The minimum absolute atomic E-state index is 0.329. The van der Waals surface area contributed by atoms with E-state index in [0.29, 0.717) is 29.8 Å². The van der Waals surface area contributed by atoms with Crippen LogP contribution in [0.25, 0.3) is 17.2 Å². The van der Waals surface area contributed by atoms with Crippen LogP contribution in [0.3, 0.4) is 0 Å². The van der Waals surface area contributed by atoms with Crippen LogP contribution in [0.15, 0.2) is 42.6 Å². The fraction of sp³-hybridized carbons (Fsp3) is 0.391. The van der Waals surface area contributed by atoms with Crippen LogP contribution in [0.1, 0.15) is 29.9 Å². The number of hydrogen-bond acceptors (Lipinski definition) is 8. The van der Waals surface area contributed by atoms with Gasteiger partial charge in [-0.1, -0.05) is 30.3 Å². The summed E-state index contributed by atoms with van der Waals surface area (Å²) in [6, 6.07) is 12.6. The van der Waals surface area contributed by atoms with Gasteiger partial charge in [0.05, 0.1) is 11.4 Å². The molecule has 0 saturated carbocycles. The number of nitrogens with zero attached hydrogens (tertiary/aromatic N) is 8. The Morgan fingerprint density at radius 2 is 1.84 bits per heavy atom. The smallest absolute Gasteiger partial charge is 0.272 e. The summed E-state index contributed by atoms with van der Waals surface area (Å²) in [4.78, 5) is 15.9. The molecule has 5 rings (SSSR count). The second kappa shape index (κ2) is 8.96. The van der Waals surface area contributed by atoms with Crippen molar-refractivity contribution in [2.45, 2.75) is 32.8 Å². The first-order valence-electron chi connectivity index (χ1n) is 10.9. The number of aromatic nitrogens is 7. The van der Waals surface area contributed by atoms with E-state index in [-0.39, 0.29) is 0 Å². The van der Waals surface area contributed by atoms with Crippen LogP contribution < -0.4 is 4.90 Å². The minimum atomic E-state index is 0.329. The monoisotopic (exact) mass is 430 g/mol. The molecule has 9 nitrogen and oxygen atoms in total. The Morgan fingerprint density at radius 3 is 2.62 bits per heavy atom. The predicted octanol–water partition coefficient (Wildman–Crippen LogP) is 2.89. The van der Waals surface area contributed by atoms with Crippen molar-refractivity contribution in [3.05, 3.63) is 59.7 Å². The molecule has 0 N–H and O–H groups in total. The fourth-order valence-electron chi connectivity index (χ4n) is 4.25. The first-order valence-corrected chi connectivity index (χ1v) is 10.9. The lowest BCUT2D eigenvalue weighted by atomic mass is 9.90. The normalized spacial score (nSPS) is 14.9. The topological polar surface area (TPSA) is 94.2 Å². The van der Waals surface area contributed by atoms with Crippen molar-refractivity contribution in [2.24, 2.45) is 5.92 Å². The molecule has 32 heavy (non-hydrogen) atoms. The molecule has 164 valence electrons. The maximum absolute atomic E-state index is 5.12. The lowest BCUT2D eigenvalue weighted by Gasteiger charge is -2.32. The van der Waals surface area contributed by atoms with E-state index >= 15 is 0 Å². The number of hydrogen-bond donors (Lipinski definition) is 0. The number of anilines is 1. The summed E-state index contributed by atoms with van der Waals surface area (Å²) in [5, 5.41) is 13.1. The zero-order valence-electron chi connectivity index (χ0n) is 18.3. The second-order valence-electron chi connectivity index (χ2n) is 8.17. The average molecular weight is 431 g/mol. The molecule has 4 heterocycles. The summed E-state index contributed by atoms with van der Waals surface area (Å²) in [6.45, 7) is 4.18. The van der Waals surface area contributed by atoms with Crippen LogP contribution >= 0.6 is 0 Å². The fourth-order valence-corrected chi connectivity index (χ4v) is 4.25. The lowest BCUT2D eigenvalue weighted by Crippen LogP contribution is -2.35. The molecule has 4 aromatic rings. The van der Waals surface area contributed by atoms with E-state index in [9.17, 15) is 0 Å². The zero-order valence-corrected chi connectivity index (χ0v) is 18.3. The van der Waals surface area contributed by atoms with Crippen molar-refractivity contribution >= 4 is 11.7 Å². The van der Waals surface area contributed by atoms with E-state index in [4.69, 9.17) is 9.72 Å². The minimum Gasteiger partial charge on any atom is -0.377 e. The van der Waals surface area contributed by atoms with Crippen molar-refractivity contribution in [3.8, 4) is 11.4 Å². The van der Waals surface area contributed by atoms with Gasteiger partial charge >= 0.3 is 0 Å². The van der Waals surface area contributed by atoms with E-state index in [1.165, 1.54) is 5.56 Å². The van der Waals surface area contributed by atoms with Crippen LogP contribution in [0.5, 0.6) is 0 Å². The summed E-state index contributed by atoms with van der Waals surface area (Å²) >= 11 is 0. The van der Waals surface area contributed by atoms with Crippen LogP contribution in [-0.4, -0.2) is 55.0 Å². The first-order chi connectivity index (χ1) is 15.7. The third kappa shape index (κ3) is 4.16. The molecule has 0 spiro atoms.